The molecular formula is C17H25ClF2N2. The molecule has 2 nitrogen and oxygen atoms in total. The van der Waals surface area contributed by atoms with Crippen LogP contribution in [0.5, 0.6) is 0 Å². The first-order valence-electron chi connectivity index (χ1n) is 8.16. The van der Waals surface area contributed by atoms with Gasteiger partial charge in [0.15, 0.2) is 0 Å². The van der Waals surface area contributed by atoms with Crippen molar-refractivity contribution in [3.8, 4) is 0 Å². The minimum atomic E-state index is -0.385. The van der Waals surface area contributed by atoms with Gasteiger partial charge >= 0.3 is 0 Å². The third-order valence-corrected chi connectivity index (χ3v) is 4.94. The van der Waals surface area contributed by atoms with Gasteiger partial charge in [-0.25, -0.2) is 8.78 Å². The molecule has 1 atom stereocenters. The van der Waals surface area contributed by atoms with Gasteiger partial charge in [-0.15, -0.1) is 12.4 Å². The zero-order chi connectivity index (χ0) is 14.7. The summed E-state index contributed by atoms with van der Waals surface area (Å²) >= 11 is 0. The Bertz CT molecular complexity index is 433. The molecule has 0 bridgehead atoms. The molecule has 0 unspecified atom stereocenters. The molecule has 1 N–H and O–H groups in total. The standard InChI is InChI=1S/C17H24F2N2.ClH/c18-14-7-4-8-15(19)16(14)17(13-5-2-1-3-6-13)21-11-9-20-10-12-21;/h4,7-8,13,17,20H,1-3,5-6,9-12H2;1H/t17-;/m0./s1. The normalized spacial score (nSPS) is 22.1. The third kappa shape index (κ3) is 3.79. The van der Waals surface area contributed by atoms with Crippen LogP contribution in [0.1, 0.15) is 43.7 Å². The van der Waals surface area contributed by atoms with Crippen LogP contribution in [0.25, 0.3) is 0 Å². The van der Waals surface area contributed by atoms with E-state index in [9.17, 15) is 8.78 Å². The van der Waals surface area contributed by atoms with Crippen molar-refractivity contribution in [1.82, 2.24) is 10.2 Å². The number of hydrogen-bond donors (Lipinski definition) is 1. The maximum Gasteiger partial charge on any atom is 0.130 e. The summed E-state index contributed by atoms with van der Waals surface area (Å²) in [6, 6.07) is 4.16. The summed E-state index contributed by atoms with van der Waals surface area (Å²) in [5.74, 6) is -0.392. The molecule has 5 heteroatoms. The molecule has 124 valence electrons. The number of piperazine rings is 1. The Morgan fingerprint density at radius 3 is 2.18 bits per heavy atom. The molecule has 0 spiro atoms. The fraction of sp³-hybridized carbons (Fsp3) is 0.647. The largest absolute Gasteiger partial charge is 0.314 e. The van der Waals surface area contributed by atoms with Crippen molar-refractivity contribution in [3.05, 3.63) is 35.4 Å². The number of benzene rings is 1. The van der Waals surface area contributed by atoms with E-state index in [1.54, 1.807) is 0 Å². The Hall–Kier alpha value is -0.710. The van der Waals surface area contributed by atoms with Crippen molar-refractivity contribution in [2.24, 2.45) is 5.92 Å². The number of rotatable bonds is 3. The monoisotopic (exact) mass is 330 g/mol. The third-order valence-electron chi connectivity index (χ3n) is 4.94. The van der Waals surface area contributed by atoms with Crippen LogP contribution in [-0.4, -0.2) is 31.1 Å². The molecule has 1 saturated heterocycles. The molecule has 3 rings (SSSR count). The molecule has 2 fully saturated rings. The Balaban J connectivity index is 0.00000176. The molecular weight excluding hydrogens is 306 g/mol. The highest BCUT2D eigenvalue weighted by Gasteiger charge is 2.34. The Morgan fingerprint density at radius 1 is 1.00 bits per heavy atom. The van der Waals surface area contributed by atoms with Crippen molar-refractivity contribution in [1.29, 1.82) is 0 Å². The average Bonchev–Trinajstić information content (AvgIpc) is 2.53. The Labute approximate surface area is 137 Å². The summed E-state index contributed by atoms with van der Waals surface area (Å²) < 4.78 is 28.7. The van der Waals surface area contributed by atoms with E-state index in [1.165, 1.54) is 37.5 Å². The van der Waals surface area contributed by atoms with E-state index in [1.807, 2.05) is 0 Å². The molecule has 0 amide bonds. The molecule has 1 heterocycles. The van der Waals surface area contributed by atoms with Gasteiger partial charge in [-0.2, -0.15) is 0 Å². The maximum absolute atomic E-state index is 14.3. The van der Waals surface area contributed by atoms with Crippen molar-refractivity contribution in [2.75, 3.05) is 26.2 Å². The molecule has 1 aromatic carbocycles. The van der Waals surface area contributed by atoms with Crippen LogP contribution in [0.3, 0.4) is 0 Å². The summed E-state index contributed by atoms with van der Waals surface area (Å²) in [4.78, 5) is 2.29. The molecule has 1 aliphatic carbocycles. The van der Waals surface area contributed by atoms with Gasteiger partial charge in [0.1, 0.15) is 11.6 Å². The second-order valence-corrected chi connectivity index (χ2v) is 6.26. The zero-order valence-electron chi connectivity index (χ0n) is 12.9. The van der Waals surface area contributed by atoms with E-state index >= 15 is 0 Å². The van der Waals surface area contributed by atoms with Gasteiger partial charge in [0.25, 0.3) is 0 Å². The van der Waals surface area contributed by atoms with Crippen LogP contribution in [0.2, 0.25) is 0 Å². The topological polar surface area (TPSA) is 15.3 Å². The van der Waals surface area contributed by atoms with Crippen LogP contribution < -0.4 is 5.32 Å². The summed E-state index contributed by atoms with van der Waals surface area (Å²) in [7, 11) is 0. The lowest BCUT2D eigenvalue weighted by atomic mass is 9.80. The highest BCUT2D eigenvalue weighted by atomic mass is 35.5. The maximum atomic E-state index is 14.3. The van der Waals surface area contributed by atoms with Crippen molar-refractivity contribution < 1.29 is 8.78 Å². The van der Waals surface area contributed by atoms with E-state index in [-0.39, 0.29) is 30.1 Å². The van der Waals surface area contributed by atoms with E-state index in [0.717, 1.165) is 39.0 Å². The second kappa shape index (κ2) is 8.23. The molecule has 2 aliphatic rings. The predicted molar refractivity (Wildman–Crippen MR) is 87.4 cm³/mol. The highest BCUT2D eigenvalue weighted by Crippen LogP contribution is 2.40. The van der Waals surface area contributed by atoms with Crippen LogP contribution in [0.15, 0.2) is 18.2 Å². The van der Waals surface area contributed by atoms with E-state index < -0.39 is 0 Å². The van der Waals surface area contributed by atoms with Gasteiger partial charge in [0.2, 0.25) is 0 Å². The predicted octanol–water partition coefficient (Wildman–Crippen LogP) is 3.91. The van der Waals surface area contributed by atoms with Crippen LogP contribution in [0.4, 0.5) is 8.78 Å². The Morgan fingerprint density at radius 2 is 1.59 bits per heavy atom. The van der Waals surface area contributed by atoms with Crippen molar-refractivity contribution >= 4 is 12.4 Å². The average molecular weight is 331 g/mol. The quantitative estimate of drug-likeness (QED) is 0.904. The summed E-state index contributed by atoms with van der Waals surface area (Å²) in [5, 5.41) is 3.32. The minimum absolute atomic E-state index is 0. The second-order valence-electron chi connectivity index (χ2n) is 6.26. The van der Waals surface area contributed by atoms with Crippen molar-refractivity contribution in [3.63, 3.8) is 0 Å². The number of hydrogen-bond acceptors (Lipinski definition) is 2. The molecule has 1 aliphatic heterocycles. The lowest BCUT2D eigenvalue weighted by Crippen LogP contribution is -2.47. The number of halogens is 3. The highest BCUT2D eigenvalue weighted by molar-refractivity contribution is 5.85. The fourth-order valence-corrected chi connectivity index (χ4v) is 3.92. The first kappa shape index (κ1) is 17.6. The molecule has 0 radical (unpaired) electrons. The van der Waals surface area contributed by atoms with Gasteiger partial charge in [0.05, 0.1) is 0 Å². The van der Waals surface area contributed by atoms with Gasteiger partial charge in [0, 0.05) is 37.8 Å². The first-order chi connectivity index (χ1) is 10.3. The van der Waals surface area contributed by atoms with Gasteiger partial charge < -0.3 is 5.32 Å². The van der Waals surface area contributed by atoms with Crippen molar-refractivity contribution in [2.45, 2.75) is 38.1 Å². The molecule has 1 aromatic rings. The van der Waals surface area contributed by atoms with Gasteiger partial charge in [-0.1, -0.05) is 25.3 Å². The van der Waals surface area contributed by atoms with Crippen LogP contribution in [0, 0.1) is 17.6 Å². The van der Waals surface area contributed by atoms with E-state index in [2.05, 4.69) is 10.2 Å². The first-order valence-corrected chi connectivity index (χ1v) is 8.16. The van der Waals surface area contributed by atoms with Gasteiger partial charge in [-0.3, -0.25) is 4.90 Å². The molecule has 22 heavy (non-hydrogen) atoms. The van der Waals surface area contributed by atoms with Crippen LogP contribution in [-0.2, 0) is 0 Å². The lowest BCUT2D eigenvalue weighted by Gasteiger charge is -2.41. The number of nitrogens with zero attached hydrogens (tertiary/aromatic N) is 1. The summed E-state index contributed by atoms with van der Waals surface area (Å²) in [5.41, 5.74) is 0.298. The van der Waals surface area contributed by atoms with E-state index in [4.69, 9.17) is 0 Å². The molecule has 1 saturated carbocycles. The smallest absolute Gasteiger partial charge is 0.130 e. The molecule has 0 aromatic heterocycles. The van der Waals surface area contributed by atoms with E-state index in [0.29, 0.717) is 11.5 Å². The lowest BCUT2D eigenvalue weighted by molar-refractivity contribution is 0.0976. The summed E-state index contributed by atoms with van der Waals surface area (Å²) in [6.45, 7) is 3.54. The number of nitrogens with one attached hydrogen (secondary N) is 1. The SMILES string of the molecule is Cl.Fc1cccc(F)c1[C@H](C1CCCCC1)N1CCNCC1. The zero-order valence-corrected chi connectivity index (χ0v) is 13.7. The fourth-order valence-electron chi connectivity index (χ4n) is 3.92. The van der Waals surface area contributed by atoms with Gasteiger partial charge in [-0.05, 0) is 30.9 Å². The Kier molecular flexibility index (Phi) is 6.60. The minimum Gasteiger partial charge on any atom is -0.314 e. The van der Waals surface area contributed by atoms with Crippen LogP contribution >= 0.6 is 12.4 Å². The summed E-state index contributed by atoms with van der Waals surface area (Å²) in [6.07, 6.45) is 5.79.